The molecule has 0 aliphatic carbocycles. The lowest BCUT2D eigenvalue weighted by Gasteiger charge is -2.22. The number of anilines is 2. The van der Waals surface area contributed by atoms with Crippen LogP contribution in [0.3, 0.4) is 0 Å². The van der Waals surface area contributed by atoms with Crippen molar-refractivity contribution in [2.75, 3.05) is 43.5 Å². The Labute approximate surface area is 216 Å². The summed E-state index contributed by atoms with van der Waals surface area (Å²) in [4.78, 5) is 37.0. The summed E-state index contributed by atoms with van der Waals surface area (Å²) in [5.41, 5.74) is 7.48. The van der Waals surface area contributed by atoms with Crippen LogP contribution in [0.15, 0.2) is 60.8 Å². The number of hydrogen-bond acceptors (Lipinski definition) is 8. The van der Waals surface area contributed by atoms with Crippen LogP contribution in [0.5, 0.6) is 5.75 Å². The fourth-order valence-corrected chi connectivity index (χ4v) is 4.19. The van der Waals surface area contributed by atoms with Crippen LogP contribution in [0.1, 0.15) is 40.9 Å². The van der Waals surface area contributed by atoms with E-state index in [1.54, 1.807) is 11.1 Å². The first-order valence-corrected chi connectivity index (χ1v) is 12.3. The normalized spacial score (nSPS) is 13.9. The number of nitrogens with one attached hydrogen (secondary N) is 1. The number of amides is 2. The van der Waals surface area contributed by atoms with E-state index in [1.807, 2.05) is 73.5 Å². The molecule has 0 saturated heterocycles. The third-order valence-electron chi connectivity index (χ3n) is 6.03. The first kappa shape index (κ1) is 25.7. The number of likely N-dealkylation sites (N-methyl/N-ethyl adjacent to an activating group) is 1. The summed E-state index contributed by atoms with van der Waals surface area (Å²) in [6.07, 6.45) is 0.890. The number of hydrogen-bond donors (Lipinski definition) is 2. The molecule has 37 heavy (non-hydrogen) atoms. The Bertz CT molecular complexity index is 1220. The molecule has 10 nitrogen and oxygen atoms in total. The molecule has 3 aromatic rings. The number of fused-ring (bicyclic) bond motifs is 1. The number of nitrogens with zero attached hydrogens (tertiary/aromatic N) is 4. The van der Waals surface area contributed by atoms with Crippen molar-refractivity contribution in [2.24, 2.45) is 5.73 Å². The average molecular weight is 505 g/mol. The highest BCUT2D eigenvalue weighted by molar-refractivity contribution is 5.99. The van der Waals surface area contributed by atoms with E-state index in [0.717, 1.165) is 11.1 Å². The van der Waals surface area contributed by atoms with Crippen LogP contribution in [0.2, 0.25) is 0 Å². The van der Waals surface area contributed by atoms with E-state index in [4.69, 9.17) is 15.2 Å². The second kappa shape index (κ2) is 12.1. The molecule has 194 valence electrons. The average Bonchev–Trinajstić information content (AvgIpc) is 3.01. The minimum Gasteiger partial charge on any atom is -0.486 e. The number of carbonyl (C=O) groups is 2. The second-order valence-electron chi connectivity index (χ2n) is 8.73. The van der Waals surface area contributed by atoms with Gasteiger partial charge in [0.1, 0.15) is 23.2 Å². The summed E-state index contributed by atoms with van der Waals surface area (Å²) in [7, 11) is 1.93. The van der Waals surface area contributed by atoms with E-state index in [2.05, 4.69) is 15.3 Å². The lowest BCUT2D eigenvalue weighted by Crippen LogP contribution is -2.33. The molecule has 1 aliphatic heterocycles. The van der Waals surface area contributed by atoms with Crippen molar-refractivity contribution < 1.29 is 19.1 Å². The van der Waals surface area contributed by atoms with Crippen LogP contribution in [-0.4, -0.2) is 60.2 Å². The van der Waals surface area contributed by atoms with Gasteiger partial charge in [0.15, 0.2) is 0 Å². The van der Waals surface area contributed by atoms with Crippen molar-refractivity contribution in [3.8, 4) is 5.75 Å². The summed E-state index contributed by atoms with van der Waals surface area (Å²) < 4.78 is 11.2. The fraction of sp³-hybridized carbons (Fsp3) is 0.333. The van der Waals surface area contributed by atoms with E-state index >= 15 is 0 Å². The molecule has 3 N–H and O–H groups in total. The smallest absolute Gasteiger partial charge is 0.404 e. The Balaban J connectivity index is 1.50. The lowest BCUT2D eigenvalue weighted by atomic mass is 10.1. The standard InChI is InChI=1S/C27H32N6O4/c1-3-29-27-30-17-22-24(31-27)32(2)13-14-33(25(22)34)18-19-8-7-11-21(16-19)37-23(12-15-36-26(28)35)20-9-5-4-6-10-20/h4-11,16-17,23H,3,12-15,18H2,1-2H3,(H2,28,35)(H,29,30,31). The summed E-state index contributed by atoms with van der Waals surface area (Å²) in [6, 6.07) is 17.4. The molecule has 2 amide bonds. The van der Waals surface area contributed by atoms with Gasteiger partial charge in [0, 0.05) is 45.8 Å². The Morgan fingerprint density at radius 3 is 2.73 bits per heavy atom. The molecule has 0 spiro atoms. The number of rotatable bonds is 10. The molecular weight excluding hydrogens is 472 g/mol. The predicted octanol–water partition coefficient (Wildman–Crippen LogP) is 3.61. The highest BCUT2D eigenvalue weighted by Gasteiger charge is 2.27. The van der Waals surface area contributed by atoms with Crippen LogP contribution >= 0.6 is 0 Å². The van der Waals surface area contributed by atoms with Gasteiger partial charge in [0.25, 0.3) is 5.91 Å². The maximum absolute atomic E-state index is 13.4. The van der Waals surface area contributed by atoms with Gasteiger partial charge in [0.05, 0.1) is 6.61 Å². The van der Waals surface area contributed by atoms with Gasteiger partial charge < -0.3 is 30.3 Å². The molecule has 4 rings (SSSR count). The van der Waals surface area contributed by atoms with Gasteiger partial charge >= 0.3 is 6.09 Å². The molecule has 1 aliphatic rings. The number of carbonyl (C=O) groups excluding carboxylic acids is 2. The monoisotopic (exact) mass is 504 g/mol. The number of primary amides is 1. The van der Waals surface area contributed by atoms with Crippen LogP contribution in [-0.2, 0) is 11.3 Å². The first-order valence-electron chi connectivity index (χ1n) is 12.3. The Morgan fingerprint density at radius 1 is 1.16 bits per heavy atom. The van der Waals surface area contributed by atoms with Gasteiger partial charge in [-0.15, -0.1) is 0 Å². The topological polar surface area (TPSA) is 123 Å². The van der Waals surface area contributed by atoms with E-state index in [9.17, 15) is 9.59 Å². The molecule has 2 heterocycles. The van der Waals surface area contributed by atoms with E-state index in [1.165, 1.54) is 0 Å². The molecule has 1 aromatic heterocycles. The summed E-state index contributed by atoms with van der Waals surface area (Å²) >= 11 is 0. The van der Waals surface area contributed by atoms with Crippen molar-refractivity contribution in [2.45, 2.75) is 26.0 Å². The molecule has 0 radical (unpaired) electrons. The zero-order valence-corrected chi connectivity index (χ0v) is 21.1. The highest BCUT2D eigenvalue weighted by atomic mass is 16.5. The molecule has 2 aromatic carbocycles. The highest BCUT2D eigenvalue weighted by Crippen LogP contribution is 2.27. The van der Waals surface area contributed by atoms with Crippen molar-refractivity contribution >= 4 is 23.8 Å². The van der Waals surface area contributed by atoms with Crippen molar-refractivity contribution in [3.05, 3.63) is 77.5 Å². The molecular formula is C27H32N6O4. The number of nitrogens with two attached hydrogens (primary N) is 1. The van der Waals surface area contributed by atoms with Crippen molar-refractivity contribution in [3.63, 3.8) is 0 Å². The minimum atomic E-state index is -0.814. The molecule has 0 saturated carbocycles. The van der Waals surface area contributed by atoms with E-state index in [-0.39, 0.29) is 18.6 Å². The van der Waals surface area contributed by atoms with E-state index < -0.39 is 6.09 Å². The van der Waals surface area contributed by atoms with Crippen molar-refractivity contribution in [1.29, 1.82) is 0 Å². The molecule has 1 unspecified atom stereocenters. The van der Waals surface area contributed by atoms with Crippen molar-refractivity contribution in [1.82, 2.24) is 14.9 Å². The minimum absolute atomic E-state index is 0.112. The van der Waals surface area contributed by atoms with Gasteiger partial charge in [-0.25, -0.2) is 9.78 Å². The molecule has 10 heteroatoms. The third kappa shape index (κ3) is 6.66. The zero-order valence-electron chi connectivity index (χ0n) is 21.1. The van der Waals surface area contributed by atoms with Crippen LogP contribution in [0.25, 0.3) is 0 Å². The number of aromatic nitrogens is 2. The fourth-order valence-electron chi connectivity index (χ4n) is 4.19. The largest absolute Gasteiger partial charge is 0.486 e. The third-order valence-corrected chi connectivity index (χ3v) is 6.03. The van der Waals surface area contributed by atoms with Crippen LogP contribution in [0.4, 0.5) is 16.6 Å². The maximum Gasteiger partial charge on any atom is 0.404 e. The Morgan fingerprint density at radius 2 is 1.97 bits per heavy atom. The number of benzene rings is 2. The van der Waals surface area contributed by atoms with Gasteiger partial charge in [0.2, 0.25) is 5.95 Å². The quantitative estimate of drug-likeness (QED) is 0.429. The Kier molecular flexibility index (Phi) is 8.40. The summed E-state index contributed by atoms with van der Waals surface area (Å²) in [5, 5.41) is 3.10. The summed E-state index contributed by atoms with van der Waals surface area (Å²) in [5.74, 6) is 1.68. The SMILES string of the molecule is CCNc1ncc2c(n1)N(C)CCN(Cc1cccc(OC(CCOC(N)=O)c3ccccc3)c1)C2=O. The van der Waals surface area contributed by atoms with Crippen LogP contribution in [0, 0.1) is 0 Å². The lowest BCUT2D eigenvalue weighted by molar-refractivity contribution is 0.0753. The number of ether oxygens (including phenoxy) is 2. The zero-order chi connectivity index (χ0) is 26.2. The van der Waals surface area contributed by atoms with Gasteiger partial charge in [-0.3, -0.25) is 4.79 Å². The maximum atomic E-state index is 13.4. The molecule has 0 fully saturated rings. The predicted molar refractivity (Wildman–Crippen MR) is 141 cm³/mol. The van der Waals surface area contributed by atoms with Gasteiger partial charge in [-0.2, -0.15) is 4.98 Å². The van der Waals surface area contributed by atoms with Crippen LogP contribution < -0.4 is 20.7 Å². The summed E-state index contributed by atoms with van der Waals surface area (Å²) in [6.45, 7) is 4.42. The van der Waals surface area contributed by atoms with Gasteiger partial charge in [-0.05, 0) is 30.2 Å². The van der Waals surface area contributed by atoms with E-state index in [0.29, 0.717) is 55.7 Å². The molecule has 1 atom stereocenters. The first-order chi connectivity index (χ1) is 17.9. The second-order valence-corrected chi connectivity index (χ2v) is 8.73. The molecule has 0 bridgehead atoms. The van der Waals surface area contributed by atoms with Gasteiger partial charge in [-0.1, -0.05) is 42.5 Å². The Hall–Kier alpha value is -4.34.